The summed E-state index contributed by atoms with van der Waals surface area (Å²) in [6, 6.07) is 26.8. The maximum absolute atomic E-state index is 6.05. The van der Waals surface area contributed by atoms with Crippen LogP contribution in [0.25, 0.3) is 5.70 Å². The van der Waals surface area contributed by atoms with Gasteiger partial charge in [0, 0.05) is 41.8 Å². The molecule has 0 aromatic heterocycles. The van der Waals surface area contributed by atoms with E-state index in [1.807, 2.05) is 44.2 Å². The Kier molecular flexibility index (Phi) is 13.7. The largest absolute Gasteiger partial charge is 0.399 e. The number of aryl methyl sites for hydroxylation is 1. The Balaban J connectivity index is 0.00000274. The minimum atomic E-state index is -0.00468. The first kappa shape index (κ1) is 32.3. The highest BCUT2D eigenvalue weighted by Gasteiger charge is 2.25. The van der Waals surface area contributed by atoms with Crippen LogP contribution in [0.4, 0.5) is 5.69 Å². The summed E-state index contributed by atoms with van der Waals surface area (Å²) in [4.78, 5) is 2.38. The molecular weight excluding hydrogens is 488 g/mol. The number of hydrogen-bond donors (Lipinski definition) is 3. The van der Waals surface area contributed by atoms with Gasteiger partial charge in [-0.3, -0.25) is 0 Å². The number of anilines is 1. The van der Waals surface area contributed by atoms with Crippen molar-refractivity contribution in [1.82, 2.24) is 15.5 Å². The molecule has 40 heavy (non-hydrogen) atoms. The first-order valence-corrected chi connectivity index (χ1v) is 14.6. The third-order valence-electron chi connectivity index (χ3n) is 7.11. The molecule has 2 atom stereocenters. The molecule has 0 amide bonds. The molecule has 4 N–H and O–H groups in total. The zero-order chi connectivity index (χ0) is 29.5. The standard InChI is InChI=1S/C34H44N4.C2H6/c1-7-8-21-38(24-26(3)36-23-32-18-13-12-15-25(32)2)29(6)27(4)34(30-16-10-9-11-17-30)37-28(5)31-19-14-20-33(35)22-31;1-2/h9-20,22,27,34,36-37H,3,5-8,21,23-24,35H2,1-2,4H3;1-2H3. The molecule has 3 aromatic carbocycles. The van der Waals surface area contributed by atoms with Crippen LogP contribution in [0.15, 0.2) is 110 Å². The number of nitrogen functional groups attached to an aromatic ring is 1. The van der Waals surface area contributed by atoms with Crippen LogP contribution >= 0.6 is 0 Å². The van der Waals surface area contributed by atoms with E-state index in [0.29, 0.717) is 6.54 Å². The molecule has 0 fully saturated rings. The zero-order valence-corrected chi connectivity index (χ0v) is 25.3. The maximum Gasteiger partial charge on any atom is 0.0593 e. The van der Waals surface area contributed by atoms with E-state index in [1.165, 1.54) is 16.7 Å². The monoisotopic (exact) mass is 538 g/mol. The predicted molar refractivity (Wildman–Crippen MR) is 175 cm³/mol. The number of nitrogens with two attached hydrogens (primary N) is 1. The second-order valence-corrected chi connectivity index (χ2v) is 10.1. The van der Waals surface area contributed by atoms with Crippen LogP contribution in [0.5, 0.6) is 0 Å². The van der Waals surface area contributed by atoms with Gasteiger partial charge in [-0.15, -0.1) is 0 Å². The highest BCUT2D eigenvalue weighted by Crippen LogP contribution is 2.31. The van der Waals surface area contributed by atoms with Crippen molar-refractivity contribution < 1.29 is 0 Å². The second kappa shape index (κ2) is 16.9. The van der Waals surface area contributed by atoms with Crippen molar-refractivity contribution in [2.75, 3.05) is 18.8 Å². The number of unbranched alkanes of at least 4 members (excludes halogenated alkanes) is 1. The fourth-order valence-corrected chi connectivity index (χ4v) is 4.62. The number of benzene rings is 3. The molecule has 3 aromatic rings. The predicted octanol–water partition coefficient (Wildman–Crippen LogP) is 8.46. The molecule has 0 aliphatic carbocycles. The molecule has 4 heteroatoms. The summed E-state index contributed by atoms with van der Waals surface area (Å²) in [6.45, 7) is 26.3. The summed E-state index contributed by atoms with van der Waals surface area (Å²) in [5.41, 5.74) is 14.4. The Bertz CT molecular complexity index is 1210. The minimum Gasteiger partial charge on any atom is -0.399 e. The van der Waals surface area contributed by atoms with Crippen molar-refractivity contribution in [2.24, 2.45) is 5.92 Å². The van der Waals surface area contributed by atoms with Crippen molar-refractivity contribution in [3.05, 3.63) is 132 Å². The molecule has 0 aliphatic rings. The molecule has 214 valence electrons. The lowest BCUT2D eigenvalue weighted by atomic mass is 9.90. The lowest BCUT2D eigenvalue weighted by Crippen LogP contribution is -2.36. The number of nitrogens with one attached hydrogen (secondary N) is 2. The molecular formula is C36H50N4. The lowest BCUT2D eigenvalue weighted by Gasteiger charge is -2.36. The van der Waals surface area contributed by atoms with Gasteiger partial charge in [0.2, 0.25) is 0 Å². The van der Waals surface area contributed by atoms with E-state index in [1.54, 1.807) is 0 Å². The Labute approximate surface area is 243 Å². The molecule has 0 saturated carbocycles. The van der Waals surface area contributed by atoms with Gasteiger partial charge in [-0.1, -0.05) is 121 Å². The summed E-state index contributed by atoms with van der Waals surface area (Å²) in [7, 11) is 0. The van der Waals surface area contributed by atoms with E-state index in [0.717, 1.165) is 54.3 Å². The molecule has 0 bridgehead atoms. The molecule has 0 aliphatic heterocycles. The van der Waals surface area contributed by atoms with Crippen LogP contribution < -0.4 is 16.4 Å². The Morgan fingerprint density at radius 3 is 2.25 bits per heavy atom. The van der Waals surface area contributed by atoms with Crippen LogP contribution in [0.1, 0.15) is 68.8 Å². The average Bonchev–Trinajstić information content (AvgIpc) is 2.98. The minimum absolute atomic E-state index is 0.00468. The molecule has 0 radical (unpaired) electrons. The van der Waals surface area contributed by atoms with Crippen molar-refractivity contribution >= 4 is 11.4 Å². The van der Waals surface area contributed by atoms with Gasteiger partial charge < -0.3 is 21.3 Å². The van der Waals surface area contributed by atoms with Crippen molar-refractivity contribution in [2.45, 2.75) is 60.0 Å². The van der Waals surface area contributed by atoms with Gasteiger partial charge in [0.15, 0.2) is 0 Å². The summed E-state index contributed by atoms with van der Waals surface area (Å²) in [5, 5.41) is 7.24. The third kappa shape index (κ3) is 9.68. The van der Waals surface area contributed by atoms with Crippen molar-refractivity contribution in [3.63, 3.8) is 0 Å². The topological polar surface area (TPSA) is 53.3 Å². The van der Waals surface area contributed by atoms with E-state index < -0.39 is 0 Å². The van der Waals surface area contributed by atoms with Gasteiger partial charge in [0.05, 0.1) is 12.6 Å². The summed E-state index contributed by atoms with van der Waals surface area (Å²) >= 11 is 0. The molecule has 4 nitrogen and oxygen atoms in total. The number of rotatable bonds is 15. The van der Waals surface area contributed by atoms with E-state index >= 15 is 0 Å². The van der Waals surface area contributed by atoms with E-state index in [4.69, 9.17) is 5.73 Å². The van der Waals surface area contributed by atoms with Gasteiger partial charge >= 0.3 is 0 Å². The summed E-state index contributed by atoms with van der Waals surface area (Å²) < 4.78 is 0. The average molecular weight is 539 g/mol. The number of nitrogens with zero attached hydrogens (tertiary/aromatic N) is 1. The molecule has 2 unspecified atom stereocenters. The summed E-state index contributed by atoms with van der Waals surface area (Å²) in [6.07, 6.45) is 2.21. The van der Waals surface area contributed by atoms with Gasteiger partial charge in [-0.2, -0.15) is 0 Å². The van der Waals surface area contributed by atoms with Gasteiger partial charge in [0.25, 0.3) is 0 Å². The normalized spacial score (nSPS) is 11.8. The Morgan fingerprint density at radius 2 is 1.60 bits per heavy atom. The smallest absolute Gasteiger partial charge is 0.0593 e. The molecule has 0 spiro atoms. The molecule has 0 saturated heterocycles. The van der Waals surface area contributed by atoms with Crippen molar-refractivity contribution in [1.29, 1.82) is 0 Å². The summed E-state index contributed by atoms with van der Waals surface area (Å²) in [5.74, 6) is 0.108. The van der Waals surface area contributed by atoms with Crippen LogP contribution in [-0.2, 0) is 6.54 Å². The van der Waals surface area contributed by atoms with Crippen LogP contribution in [0, 0.1) is 12.8 Å². The van der Waals surface area contributed by atoms with Crippen LogP contribution in [-0.4, -0.2) is 18.0 Å². The van der Waals surface area contributed by atoms with Gasteiger partial charge in [0.1, 0.15) is 0 Å². The fourth-order valence-electron chi connectivity index (χ4n) is 4.62. The first-order chi connectivity index (χ1) is 19.3. The SMILES string of the molecule is C=C(CN(CCCC)C(=C)C(C)C(NC(=C)c1cccc(N)c1)c1ccccc1)NCc1ccccc1C.CC. The van der Waals surface area contributed by atoms with Crippen LogP contribution in [0.2, 0.25) is 0 Å². The Morgan fingerprint density at radius 1 is 0.925 bits per heavy atom. The zero-order valence-electron chi connectivity index (χ0n) is 25.3. The quantitative estimate of drug-likeness (QED) is 0.170. The highest BCUT2D eigenvalue weighted by molar-refractivity contribution is 5.65. The highest BCUT2D eigenvalue weighted by atomic mass is 15.2. The molecule has 0 heterocycles. The van der Waals surface area contributed by atoms with E-state index in [-0.39, 0.29) is 12.0 Å². The second-order valence-electron chi connectivity index (χ2n) is 10.1. The van der Waals surface area contributed by atoms with E-state index in [9.17, 15) is 0 Å². The third-order valence-corrected chi connectivity index (χ3v) is 7.11. The fraction of sp³-hybridized carbons (Fsp3) is 0.333. The maximum atomic E-state index is 6.05. The Hall–Kier alpha value is -3.92. The van der Waals surface area contributed by atoms with Crippen LogP contribution in [0.3, 0.4) is 0 Å². The molecule has 3 rings (SSSR count). The lowest BCUT2D eigenvalue weighted by molar-refractivity contribution is 0.296. The van der Waals surface area contributed by atoms with Gasteiger partial charge in [-0.05, 0) is 47.7 Å². The van der Waals surface area contributed by atoms with E-state index in [2.05, 4.69) is 105 Å². The van der Waals surface area contributed by atoms with Crippen molar-refractivity contribution in [3.8, 4) is 0 Å². The van der Waals surface area contributed by atoms with Gasteiger partial charge in [-0.25, -0.2) is 0 Å². The number of hydrogen-bond acceptors (Lipinski definition) is 4. The first-order valence-electron chi connectivity index (χ1n) is 14.6.